The lowest BCUT2D eigenvalue weighted by Gasteiger charge is -2.07. The second-order valence-corrected chi connectivity index (χ2v) is 3.61. The molecule has 2 aromatic rings. The van der Waals surface area contributed by atoms with Crippen molar-refractivity contribution in [2.24, 2.45) is 0 Å². The van der Waals surface area contributed by atoms with Gasteiger partial charge in [0.25, 0.3) is 0 Å². The number of aromatic nitrogens is 3. The fourth-order valence-electron chi connectivity index (χ4n) is 1.62. The maximum atomic E-state index is 11.4. The molecule has 1 N–H and O–H groups in total. The van der Waals surface area contributed by atoms with Crippen molar-refractivity contribution in [3.05, 3.63) is 46.6 Å². The fraction of sp³-hybridized carbons (Fsp3) is 0.333. The zero-order valence-corrected chi connectivity index (χ0v) is 10.9. The van der Waals surface area contributed by atoms with Crippen LogP contribution in [0.1, 0.15) is 12.7 Å². The van der Waals surface area contributed by atoms with Crippen LogP contribution in [-0.2, 0) is 13.0 Å². The standard InChI is InChI=1S/C12H15N3O2.ClH/c1-2-11-13-14-12(16)15(11)8-9-17-10-6-4-3-5-7-10;/h3-7H,2,8-9H2,1H3,(H,14,16);1H. The van der Waals surface area contributed by atoms with E-state index in [1.807, 2.05) is 37.3 Å². The van der Waals surface area contributed by atoms with Crippen molar-refractivity contribution in [1.82, 2.24) is 14.8 Å². The second-order valence-electron chi connectivity index (χ2n) is 3.61. The maximum Gasteiger partial charge on any atom is 0.343 e. The van der Waals surface area contributed by atoms with Crippen LogP contribution in [0.2, 0.25) is 0 Å². The molecule has 2 rings (SSSR count). The summed E-state index contributed by atoms with van der Waals surface area (Å²) in [5, 5.41) is 6.37. The number of benzene rings is 1. The summed E-state index contributed by atoms with van der Waals surface area (Å²) in [5.41, 5.74) is -0.182. The molecule has 0 saturated heterocycles. The average molecular weight is 270 g/mol. The Hall–Kier alpha value is -1.75. The summed E-state index contributed by atoms with van der Waals surface area (Å²) in [6.07, 6.45) is 0.726. The molecule has 0 amide bonds. The number of ether oxygens (including phenoxy) is 1. The van der Waals surface area contributed by atoms with Gasteiger partial charge in [0.2, 0.25) is 0 Å². The molecule has 6 heteroatoms. The maximum absolute atomic E-state index is 11.4. The molecule has 1 heterocycles. The predicted octanol–water partition coefficient (Wildman–Crippen LogP) is 1.63. The average Bonchev–Trinajstić information content (AvgIpc) is 2.72. The number of aromatic amines is 1. The number of para-hydroxylation sites is 1. The van der Waals surface area contributed by atoms with Gasteiger partial charge in [-0.25, -0.2) is 9.89 Å². The first-order chi connectivity index (χ1) is 8.31. The summed E-state index contributed by atoms with van der Waals surface area (Å²) >= 11 is 0. The van der Waals surface area contributed by atoms with Crippen LogP contribution in [0.15, 0.2) is 35.1 Å². The number of hydrogen-bond donors (Lipinski definition) is 1. The van der Waals surface area contributed by atoms with Crippen LogP contribution in [-0.4, -0.2) is 21.4 Å². The SMILES string of the molecule is CCc1n[nH]c(=O)n1CCOc1ccccc1.Cl. The van der Waals surface area contributed by atoms with Crippen molar-refractivity contribution in [2.45, 2.75) is 19.9 Å². The number of rotatable bonds is 5. The summed E-state index contributed by atoms with van der Waals surface area (Å²) in [6.45, 7) is 2.92. The lowest BCUT2D eigenvalue weighted by Crippen LogP contribution is -2.22. The smallest absolute Gasteiger partial charge is 0.343 e. The van der Waals surface area contributed by atoms with E-state index < -0.39 is 0 Å². The van der Waals surface area contributed by atoms with Crippen molar-refractivity contribution >= 4 is 12.4 Å². The van der Waals surface area contributed by atoms with Crippen LogP contribution in [0.3, 0.4) is 0 Å². The first-order valence-electron chi connectivity index (χ1n) is 5.63. The molecule has 0 aliphatic rings. The number of halogens is 1. The molecule has 0 atom stereocenters. The highest BCUT2D eigenvalue weighted by Crippen LogP contribution is 2.07. The molecule has 0 fully saturated rings. The lowest BCUT2D eigenvalue weighted by atomic mass is 10.3. The molecule has 0 aliphatic carbocycles. The van der Waals surface area contributed by atoms with E-state index in [9.17, 15) is 4.79 Å². The molecule has 0 saturated carbocycles. The number of H-pyrrole nitrogens is 1. The summed E-state index contributed by atoms with van der Waals surface area (Å²) in [4.78, 5) is 11.4. The molecule has 0 radical (unpaired) electrons. The van der Waals surface area contributed by atoms with Crippen molar-refractivity contribution in [3.63, 3.8) is 0 Å². The molecule has 18 heavy (non-hydrogen) atoms. The Balaban J connectivity index is 0.00000162. The van der Waals surface area contributed by atoms with Crippen molar-refractivity contribution in [1.29, 1.82) is 0 Å². The van der Waals surface area contributed by atoms with Crippen molar-refractivity contribution < 1.29 is 4.74 Å². The number of aryl methyl sites for hydroxylation is 1. The third-order valence-electron chi connectivity index (χ3n) is 2.48. The molecule has 98 valence electrons. The molecular weight excluding hydrogens is 254 g/mol. The molecular formula is C12H16ClN3O2. The van der Waals surface area contributed by atoms with Gasteiger partial charge in [0.1, 0.15) is 18.2 Å². The molecule has 0 unspecified atom stereocenters. The monoisotopic (exact) mass is 269 g/mol. The van der Waals surface area contributed by atoms with Gasteiger partial charge in [-0.1, -0.05) is 25.1 Å². The zero-order chi connectivity index (χ0) is 12.1. The minimum absolute atomic E-state index is 0. The first-order valence-corrected chi connectivity index (χ1v) is 5.63. The van der Waals surface area contributed by atoms with Crippen LogP contribution in [0.5, 0.6) is 5.75 Å². The van der Waals surface area contributed by atoms with E-state index in [2.05, 4.69) is 10.2 Å². The van der Waals surface area contributed by atoms with Gasteiger partial charge in [0, 0.05) is 6.42 Å². The minimum Gasteiger partial charge on any atom is -0.492 e. The quantitative estimate of drug-likeness (QED) is 0.898. The summed E-state index contributed by atoms with van der Waals surface area (Å²) < 4.78 is 7.13. The van der Waals surface area contributed by atoms with Gasteiger partial charge >= 0.3 is 5.69 Å². The second kappa shape index (κ2) is 6.86. The Morgan fingerprint density at radius 2 is 2.06 bits per heavy atom. The Bertz CT molecular complexity index is 522. The Morgan fingerprint density at radius 3 is 2.72 bits per heavy atom. The fourth-order valence-corrected chi connectivity index (χ4v) is 1.62. The van der Waals surface area contributed by atoms with E-state index in [4.69, 9.17) is 4.74 Å². The van der Waals surface area contributed by atoms with Gasteiger partial charge in [-0.2, -0.15) is 5.10 Å². The van der Waals surface area contributed by atoms with Gasteiger partial charge in [-0.05, 0) is 12.1 Å². The number of nitrogens with zero attached hydrogens (tertiary/aromatic N) is 2. The number of hydrogen-bond acceptors (Lipinski definition) is 3. The largest absolute Gasteiger partial charge is 0.492 e. The van der Waals surface area contributed by atoms with Crippen LogP contribution in [0.25, 0.3) is 0 Å². The van der Waals surface area contributed by atoms with Crippen LogP contribution >= 0.6 is 12.4 Å². The third kappa shape index (κ3) is 3.37. The molecule has 0 bridgehead atoms. The van der Waals surface area contributed by atoms with Gasteiger partial charge in [-0.15, -0.1) is 12.4 Å². The normalized spacial score (nSPS) is 9.83. The van der Waals surface area contributed by atoms with E-state index in [1.165, 1.54) is 0 Å². The highest BCUT2D eigenvalue weighted by molar-refractivity contribution is 5.85. The minimum atomic E-state index is -0.182. The summed E-state index contributed by atoms with van der Waals surface area (Å²) in [5.74, 6) is 1.56. The summed E-state index contributed by atoms with van der Waals surface area (Å²) in [7, 11) is 0. The Labute approximate surface area is 111 Å². The highest BCUT2D eigenvalue weighted by Gasteiger charge is 2.05. The topological polar surface area (TPSA) is 59.9 Å². The van der Waals surface area contributed by atoms with Gasteiger partial charge in [-0.3, -0.25) is 4.57 Å². The van der Waals surface area contributed by atoms with E-state index in [0.29, 0.717) is 13.2 Å². The van der Waals surface area contributed by atoms with Gasteiger partial charge in [0.15, 0.2) is 0 Å². The number of nitrogens with one attached hydrogen (secondary N) is 1. The van der Waals surface area contributed by atoms with Crippen LogP contribution in [0, 0.1) is 0 Å². The van der Waals surface area contributed by atoms with E-state index >= 15 is 0 Å². The molecule has 0 aliphatic heterocycles. The zero-order valence-electron chi connectivity index (χ0n) is 10.1. The Kier molecular flexibility index (Phi) is 5.45. The van der Waals surface area contributed by atoms with Crippen LogP contribution < -0.4 is 10.4 Å². The lowest BCUT2D eigenvalue weighted by molar-refractivity contribution is 0.294. The van der Waals surface area contributed by atoms with E-state index in [1.54, 1.807) is 4.57 Å². The van der Waals surface area contributed by atoms with Gasteiger partial charge in [0.05, 0.1) is 6.54 Å². The van der Waals surface area contributed by atoms with Crippen LogP contribution in [0.4, 0.5) is 0 Å². The predicted molar refractivity (Wildman–Crippen MR) is 71.4 cm³/mol. The molecule has 1 aromatic carbocycles. The first kappa shape index (κ1) is 14.3. The van der Waals surface area contributed by atoms with E-state index in [-0.39, 0.29) is 18.1 Å². The van der Waals surface area contributed by atoms with Gasteiger partial charge < -0.3 is 4.74 Å². The molecule has 1 aromatic heterocycles. The summed E-state index contributed by atoms with van der Waals surface area (Å²) in [6, 6.07) is 9.54. The highest BCUT2D eigenvalue weighted by atomic mass is 35.5. The van der Waals surface area contributed by atoms with E-state index in [0.717, 1.165) is 18.0 Å². The van der Waals surface area contributed by atoms with Crippen molar-refractivity contribution in [3.8, 4) is 5.75 Å². The van der Waals surface area contributed by atoms with Crippen molar-refractivity contribution in [2.75, 3.05) is 6.61 Å². The Morgan fingerprint density at radius 1 is 1.33 bits per heavy atom. The molecule has 0 spiro atoms. The molecule has 5 nitrogen and oxygen atoms in total. The third-order valence-corrected chi connectivity index (χ3v) is 2.48.